The quantitative estimate of drug-likeness (QED) is 0.343. The smallest absolute Gasteiger partial charge is 0.0835 e. The van der Waals surface area contributed by atoms with Gasteiger partial charge in [-0.15, -0.1) is 0 Å². The second kappa shape index (κ2) is 5.23. The predicted octanol–water partition coefficient (Wildman–Crippen LogP) is 0.565. The Morgan fingerprint density at radius 3 is 2.60 bits per heavy atom. The maximum Gasteiger partial charge on any atom is 0.0835 e. The minimum Gasteiger partial charge on any atom is -0.361 e. The van der Waals surface area contributed by atoms with Crippen LogP contribution in [0.4, 0.5) is 0 Å². The van der Waals surface area contributed by atoms with E-state index in [0.29, 0.717) is 5.92 Å². The standard InChI is InChI=1S/C7H17N3/c1-4-9-5-10-7(8)6(2)3/h5-7H,4,8H2,1-3H3,(H,9,10). The summed E-state index contributed by atoms with van der Waals surface area (Å²) >= 11 is 0. The molecule has 0 saturated carbocycles. The van der Waals surface area contributed by atoms with Crippen LogP contribution in [0.1, 0.15) is 20.8 Å². The number of nitrogens with one attached hydrogen (secondary N) is 1. The van der Waals surface area contributed by atoms with Gasteiger partial charge in [-0.2, -0.15) is 0 Å². The molecule has 0 aliphatic rings. The third kappa shape index (κ3) is 4.32. The van der Waals surface area contributed by atoms with Crippen molar-refractivity contribution >= 4 is 6.34 Å². The molecule has 0 heterocycles. The second-order valence-electron chi connectivity index (χ2n) is 2.56. The number of aliphatic imine (C=N–C) groups is 1. The highest BCUT2D eigenvalue weighted by Gasteiger charge is 2.02. The zero-order valence-corrected chi connectivity index (χ0v) is 6.96. The van der Waals surface area contributed by atoms with Gasteiger partial charge in [-0.25, -0.2) is 0 Å². The van der Waals surface area contributed by atoms with Crippen LogP contribution in [-0.2, 0) is 0 Å². The third-order valence-electron chi connectivity index (χ3n) is 1.26. The Morgan fingerprint density at radius 1 is 1.60 bits per heavy atom. The molecule has 3 nitrogen and oxygen atoms in total. The van der Waals surface area contributed by atoms with Gasteiger partial charge in [0, 0.05) is 6.54 Å². The lowest BCUT2D eigenvalue weighted by atomic mass is 10.2. The van der Waals surface area contributed by atoms with Gasteiger partial charge >= 0.3 is 0 Å². The highest BCUT2D eigenvalue weighted by molar-refractivity contribution is 5.54. The molecule has 1 atom stereocenters. The third-order valence-corrected chi connectivity index (χ3v) is 1.26. The van der Waals surface area contributed by atoms with Crippen molar-refractivity contribution < 1.29 is 0 Å². The average molecular weight is 143 g/mol. The van der Waals surface area contributed by atoms with Crippen molar-refractivity contribution in [3.63, 3.8) is 0 Å². The molecule has 0 aliphatic carbocycles. The van der Waals surface area contributed by atoms with Crippen LogP contribution in [0.5, 0.6) is 0 Å². The first-order valence-electron chi connectivity index (χ1n) is 3.68. The molecule has 0 radical (unpaired) electrons. The van der Waals surface area contributed by atoms with Gasteiger partial charge in [0.05, 0.1) is 12.5 Å². The molecule has 3 N–H and O–H groups in total. The fraction of sp³-hybridized carbons (Fsp3) is 0.857. The van der Waals surface area contributed by atoms with Crippen molar-refractivity contribution in [3.8, 4) is 0 Å². The summed E-state index contributed by atoms with van der Waals surface area (Å²) in [5.74, 6) is 0.448. The Bertz CT molecular complexity index is 99.0. The molecular formula is C7H17N3. The van der Waals surface area contributed by atoms with Gasteiger partial charge in [0.25, 0.3) is 0 Å². The normalized spacial score (nSPS) is 14.5. The fourth-order valence-corrected chi connectivity index (χ4v) is 0.423. The summed E-state index contributed by atoms with van der Waals surface area (Å²) < 4.78 is 0. The minimum atomic E-state index is 0.0234. The van der Waals surface area contributed by atoms with Gasteiger partial charge in [0.15, 0.2) is 0 Å². The van der Waals surface area contributed by atoms with Crippen LogP contribution in [0, 0.1) is 5.92 Å². The Labute approximate surface area is 62.7 Å². The number of hydrogen-bond acceptors (Lipinski definition) is 2. The molecule has 0 saturated heterocycles. The molecule has 60 valence electrons. The summed E-state index contributed by atoms with van der Waals surface area (Å²) in [5, 5.41) is 2.97. The summed E-state index contributed by atoms with van der Waals surface area (Å²) in [6.07, 6.45) is 1.69. The monoisotopic (exact) mass is 143 g/mol. The van der Waals surface area contributed by atoms with E-state index in [0.717, 1.165) is 6.54 Å². The first-order valence-corrected chi connectivity index (χ1v) is 3.68. The molecule has 0 aromatic heterocycles. The van der Waals surface area contributed by atoms with Gasteiger partial charge in [0.2, 0.25) is 0 Å². The molecule has 1 unspecified atom stereocenters. The van der Waals surface area contributed by atoms with Crippen molar-refractivity contribution in [2.75, 3.05) is 6.54 Å². The molecule has 0 aromatic rings. The molecule has 3 heteroatoms. The van der Waals surface area contributed by atoms with Crippen molar-refractivity contribution in [3.05, 3.63) is 0 Å². The highest BCUT2D eigenvalue weighted by Crippen LogP contribution is 1.91. The molecule has 0 rings (SSSR count). The molecule has 0 amide bonds. The van der Waals surface area contributed by atoms with Crippen molar-refractivity contribution in [1.29, 1.82) is 0 Å². The molecule has 0 aromatic carbocycles. The van der Waals surface area contributed by atoms with Crippen molar-refractivity contribution in [1.82, 2.24) is 5.32 Å². The zero-order valence-electron chi connectivity index (χ0n) is 6.96. The topological polar surface area (TPSA) is 50.4 Å². The zero-order chi connectivity index (χ0) is 7.98. The van der Waals surface area contributed by atoms with Gasteiger partial charge in [0.1, 0.15) is 0 Å². The second-order valence-corrected chi connectivity index (χ2v) is 2.56. The largest absolute Gasteiger partial charge is 0.361 e. The van der Waals surface area contributed by atoms with Gasteiger partial charge in [-0.3, -0.25) is 4.99 Å². The molecule has 10 heavy (non-hydrogen) atoms. The lowest BCUT2D eigenvalue weighted by Crippen LogP contribution is -2.40. The Hall–Kier alpha value is -0.570. The van der Waals surface area contributed by atoms with Crippen LogP contribution in [0.3, 0.4) is 0 Å². The van der Waals surface area contributed by atoms with Crippen LogP contribution in [-0.4, -0.2) is 19.0 Å². The van der Waals surface area contributed by atoms with Crippen LogP contribution >= 0.6 is 0 Å². The maximum atomic E-state index is 5.65. The number of hydrogen-bond donors (Lipinski definition) is 2. The maximum absolute atomic E-state index is 5.65. The van der Waals surface area contributed by atoms with Crippen LogP contribution < -0.4 is 11.1 Å². The molecular weight excluding hydrogens is 126 g/mol. The van der Waals surface area contributed by atoms with Gasteiger partial charge < -0.3 is 11.1 Å². The van der Waals surface area contributed by atoms with Gasteiger partial charge in [-0.1, -0.05) is 13.8 Å². The van der Waals surface area contributed by atoms with E-state index in [9.17, 15) is 0 Å². The van der Waals surface area contributed by atoms with E-state index in [4.69, 9.17) is 5.73 Å². The Balaban J connectivity index is 3.38. The highest BCUT2D eigenvalue weighted by atomic mass is 15.1. The van der Waals surface area contributed by atoms with Gasteiger partial charge in [-0.05, 0) is 12.8 Å². The van der Waals surface area contributed by atoms with Crippen molar-refractivity contribution in [2.24, 2.45) is 16.6 Å². The molecule has 0 bridgehead atoms. The fourth-order valence-electron chi connectivity index (χ4n) is 0.423. The van der Waals surface area contributed by atoms with Crippen LogP contribution in [0.15, 0.2) is 4.99 Å². The lowest BCUT2D eigenvalue weighted by Gasteiger charge is -2.14. The van der Waals surface area contributed by atoms with E-state index < -0.39 is 0 Å². The summed E-state index contributed by atoms with van der Waals surface area (Å²) in [7, 11) is 0. The number of rotatable bonds is 4. The molecule has 0 fully saturated rings. The number of nitrogens with zero attached hydrogens (tertiary/aromatic N) is 1. The van der Waals surface area contributed by atoms with Crippen LogP contribution in [0.25, 0.3) is 0 Å². The van der Waals surface area contributed by atoms with Crippen LogP contribution in [0.2, 0.25) is 0 Å². The lowest BCUT2D eigenvalue weighted by molar-refractivity contribution is 0.471. The van der Waals surface area contributed by atoms with E-state index in [-0.39, 0.29) is 6.17 Å². The Morgan fingerprint density at radius 2 is 2.20 bits per heavy atom. The van der Waals surface area contributed by atoms with E-state index in [1.165, 1.54) is 0 Å². The summed E-state index contributed by atoms with van der Waals surface area (Å²) in [6.45, 7) is 6.92. The first kappa shape index (κ1) is 9.43. The first-order chi connectivity index (χ1) is 4.68. The van der Waals surface area contributed by atoms with E-state index in [1.54, 1.807) is 6.34 Å². The average Bonchev–Trinajstić information content (AvgIpc) is 1.88. The van der Waals surface area contributed by atoms with E-state index >= 15 is 0 Å². The summed E-state index contributed by atoms with van der Waals surface area (Å²) in [6, 6.07) is 0. The minimum absolute atomic E-state index is 0.0234. The molecule has 0 spiro atoms. The van der Waals surface area contributed by atoms with E-state index in [2.05, 4.69) is 24.2 Å². The Kier molecular flexibility index (Phi) is 4.94. The number of nitrogens with two attached hydrogens (primary N) is 1. The SMILES string of the molecule is CC/N=C\NC(N)C(C)C. The van der Waals surface area contributed by atoms with E-state index in [1.807, 2.05) is 6.92 Å². The summed E-state index contributed by atoms with van der Waals surface area (Å²) in [4.78, 5) is 3.98. The van der Waals surface area contributed by atoms with Crippen molar-refractivity contribution in [2.45, 2.75) is 26.9 Å². The predicted molar refractivity (Wildman–Crippen MR) is 45.0 cm³/mol. The summed E-state index contributed by atoms with van der Waals surface area (Å²) in [5.41, 5.74) is 5.65. The molecule has 0 aliphatic heterocycles.